The molecule has 0 fully saturated rings. The highest BCUT2D eigenvalue weighted by atomic mass is 15.2. The molecule has 0 radical (unpaired) electrons. The summed E-state index contributed by atoms with van der Waals surface area (Å²) in [6.07, 6.45) is 7.93. The van der Waals surface area contributed by atoms with E-state index in [0.29, 0.717) is 0 Å². The molecule has 1 rings (SSSR count). The second-order valence-electron chi connectivity index (χ2n) is 3.82. The first-order chi connectivity index (χ1) is 7.38. The fourth-order valence-corrected chi connectivity index (χ4v) is 1.67. The van der Waals surface area contributed by atoms with Crippen LogP contribution < -0.4 is 11.3 Å². The standard InChI is InChI=1S/C12H21N3/c1-2-3-4-5-9-12(15-13)11-8-6-7-10-14-11/h6-8,10,12,15H,2-5,9,13H2,1H3. The zero-order valence-electron chi connectivity index (χ0n) is 9.45. The third kappa shape index (κ3) is 4.40. The Kier molecular flexibility index (Phi) is 5.97. The van der Waals surface area contributed by atoms with Gasteiger partial charge >= 0.3 is 0 Å². The van der Waals surface area contributed by atoms with Gasteiger partial charge in [0.1, 0.15) is 0 Å². The Balaban J connectivity index is 2.36. The number of rotatable bonds is 7. The van der Waals surface area contributed by atoms with E-state index < -0.39 is 0 Å². The zero-order chi connectivity index (χ0) is 10.9. The molecular weight excluding hydrogens is 186 g/mol. The summed E-state index contributed by atoms with van der Waals surface area (Å²) in [5.41, 5.74) is 3.87. The van der Waals surface area contributed by atoms with Gasteiger partial charge in [-0.2, -0.15) is 0 Å². The average Bonchev–Trinajstić information content (AvgIpc) is 2.30. The quantitative estimate of drug-likeness (QED) is 0.410. The summed E-state index contributed by atoms with van der Waals surface area (Å²) in [5, 5.41) is 0. The van der Waals surface area contributed by atoms with Crippen LogP contribution in [0.5, 0.6) is 0 Å². The van der Waals surface area contributed by atoms with Crippen LogP contribution in [0.4, 0.5) is 0 Å². The second-order valence-corrected chi connectivity index (χ2v) is 3.82. The van der Waals surface area contributed by atoms with Crippen molar-refractivity contribution in [3.63, 3.8) is 0 Å². The second kappa shape index (κ2) is 7.37. The van der Waals surface area contributed by atoms with Crippen molar-refractivity contribution in [2.75, 3.05) is 0 Å². The molecule has 0 aliphatic carbocycles. The van der Waals surface area contributed by atoms with Gasteiger partial charge in [-0.15, -0.1) is 0 Å². The van der Waals surface area contributed by atoms with E-state index in [0.717, 1.165) is 12.1 Å². The molecule has 15 heavy (non-hydrogen) atoms. The summed E-state index contributed by atoms with van der Waals surface area (Å²) in [6.45, 7) is 2.22. The minimum Gasteiger partial charge on any atom is -0.271 e. The average molecular weight is 207 g/mol. The van der Waals surface area contributed by atoms with Gasteiger partial charge < -0.3 is 0 Å². The summed E-state index contributed by atoms with van der Waals surface area (Å²) in [6, 6.07) is 6.14. The summed E-state index contributed by atoms with van der Waals surface area (Å²) < 4.78 is 0. The molecular formula is C12H21N3. The number of hydrogen-bond acceptors (Lipinski definition) is 3. The van der Waals surface area contributed by atoms with Crippen LogP contribution in [0.15, 0.2) is 24.4 Å². The lowest BCUT2D eigenvalue weighted by atomic mass is 10.0. The van der Waals surface area contributed by atoms with Gasteiger partial charge in [0.25, 0.3) is 0 Å². The molecule has 0 saturated heterocycles. The minimum atomic E-state index is 0.197. The van der Waals surface area contributed by atoms with Gasteiger partial charge in [0.05, 0.1) is 11.7 Å². The van der Waals surface area contributed by atoms with Crippen molar-refractivity contribution in [2.24, 2.45) is 5.84 Å². The molecule has 1 heterocycles. The lowest BCUT2D eigenvalue weighted by Crippen LogP contribution is -2.28. The summed E-state index contributed by atoms with van der Waals surface area (Å²) in [4.78, 5) is 4.31. The largest absolute Gasteiger partial charge is 0.271 e. The fourth-order valence-electron chi connectivity index (χ4n) is 1.67. The summed E-state index contributed by atoms with van der Waals surface area (Å²) >= 11 is 0. The molecule has 3 N–H and O–H groups in total. The third-order valence-corrected chi connectivity index (χ3v) is 2.59. The lowest BCUT2D eigenvalue weighted by molar-refractivity contribution is 0.473. The van der Waals surface area contributed by atoms with E-state index in [1.807, 2.05) is 24.4 Å². The highest BCUT2D eigenvalue weighted by Crippen LogP contribution is 2.16. The first kappa shape index (κ1) is 12.1. The number of unbranched alkanes of at least 4 members (excludes halogenated alkanes) is 3. The molecule has 0 amide bonds. The van der Waals surface area contributed by atoms with E-state index in [9.17, 15) is 0 Å². The monoisotopic (exact) mass is 207 g/mol. The maximum atomic E-state index is 5.53. The van der Waals surface area contributed by atoms with Gasteiger partial charge in [-0.3, -0.25) is 16.3 Å². The van der Waals surface area contributed by atoms with Gasteiger partial charge in [-0.05, 0) is 18.6 Å². The maximum Gasteiger partial charge on any atom is 0.0632 e. The first-order valence-electron chi connectivity index (χ1n) is 5.75. The molecule has 0 spiro atoms. The van der Waals surface area contributed by atoms with E-state index in [1.165, 1.54) is 25.7 Å². The zero-order valence-corrected chi connectivity index (χ0v) is 9.45. The molecule has 1 atom stereocenters. The van der Waals surface area contributed by atoms with Crippen molar-refractivity contribution >= 4 is 0 Å². The molecule has 0 aliphatic heterocycles. The molecule has 0 aromatic carbocycles. The van der Waals surface area contributed by atoms with E-state index >= 15 is 0 Å². The highest BCUT2D eigenvalue weighted by molar-refractivity contribution is 5.08. The van der Waals surface area contributed by atoms with Crippen molar-refractivity contribution in [3.05, 3.63) is 30.1 Å². The van der Waals surface area contributed by atoms with Gasteiger partial charge in [-0.25, -0.2) is 0 Å². The Morgan fingerprint density at radius 1 is 1.33 bits per heavy atom. The molecule has 1 aromatic rings. The predicted molar refractivity (Wildman–Crippen MR) is 63.1 cm³/mol. The molecule has 3 nitrogen and oxygen atoms in total. The van der Waals surface area contributed by atoms with Crippen molar-refractivity contribution in [1.29, 1.82) is 0 Å². The van der Waals surface area contributed by atoms with E-state index in [-0.39, 0.29) is 6.04 Å². The Labute approximate surface area is 92.1 Å². The first-order valence-corrected chi connectivity index (χ1v) is 5.75. The number of aromatic nitrogens is 1. The molecule has 84 valence electrons. The topological polar surface area (TPSA) is 50.9 Å². The molecule has 0 saturated carbocycles. The van der Waals surface area contributed by atoms with Gasteiger partial charge in [-0.1, -0.05) is 38.7 Å². The smallest absolute Gasteiger partial charge is 0.0632 e. The van der Waals surface area contributed by atoms with Crippen molar-refractivity contribution in [2.45, 2.75) is 45.1 Å². The molecule has 3 heteroatoms. The number of hydrazine groups is 1. The predicted octanol–water partition coefficient (Wildman–Crippen LogP) is 2.56. The molecule has 0 bridgehead atoms. The van der Waals surface area contributed by atoms with Crippen LogP contribution in [0.3, 0.4) is 0 Å². The van der Waals surface area contributed by atoms with Crippen LogP contribution in [0.2, 0.25) is 0 Å². The highest BCUT2D eigenvalue weighted by Gasteiger charge is 2.09. The van der Waals surface area contributed by atoms with E-state index in [2.05, 4.69) is 17.3 Å². The van der Waals surface area contributed by atoms with Crippen LogP contribution in [-0.2, 0) is 0 Å². The number of nitrogens with two attached hydrogens (primary N) is 1. The van der Waals surface area contributed by atoms with Gasteiger partial charge in [0.15, 0.2) is 0 Å². The van der Waals surface area contributed by atoms with Crippen LogP contribution in [-0.4, -0.2) is 4.98 Å². The lowest BCUT2D eigenvalue weighted by Gasteiger charge is -2.14. The van der Waals surface area contributed by atoms with Crippen molar-refractivity contribution < 1.29 is 0 Å². The third-order valence-electron chi connectivity index (χ3n) is 2.59. The van der Waals surface area contributed by atoms with Gasteiger partial charge in [0, 0.05) is 6.20 Å². The summed E-state index contributed by atoms with van der Waals surface area (Å²) in [5.74, 6) is 5.53. The fraction of sp³-hybridized carbons (Fsp3) is 0.583. The Morgan fingerprint density at radius 2 is 2.20 bits per heavy atom. The van der Waals surface area contributed by atoms with Crippen LogP contribution >= 0.6 is 0 Å². The van der Waals surface area contributed by atoms with Crippen molar-refractivity contribution in [1.82, 2.24) is 10.4 Å². The Morgan fingerprint density at radius 3 is 2.80 bits per heavy atom. The molecule has 0 aliphatic rings. The Hall–Kier alpha value is -0.930. The number of hydrogen-bond donors (Lipinski definition) is 2. The van der Waals surface area contributed by atoms with Crippen LogP contribution in [0, 0.1) is 0 Å². The van der Waals surface area contributed by atoms with Gasteiger partial charge in [0.2, 0.25) is 0 Å². The minimum absolute atomic E-state index is 0.197. The number of pyridine rings is 1. The normalized spacial score (nSPS) is 12.7. The SMILES string of the molecule is CCCCCCC(NN)c1ccccn1. The molecule has 1 unspecified atom stereocenters. The van der Waals surface area contributed by atoms with E-state index in [4.69, 9.17) is 5.84 Å². The van der Waals surface area contributed by atoms with Crippen LogP contribution in [0.1, 0.15) is 50.8 Å². The van der Waals surface area contributed by atoms with Crippen LogP contribution in [0.25, 0.3) is 0 Å². The number of nitrogens with one attached hydrogen (secondary N) is 1. The van der Waals surface area contributed by atoms with Crippen molar-refractivity contribution in [3.8, 4) is 0 Å². The summed E-state index contributed by atoms with van der Waals surface area (Å²) in [7, 11) is 0. The molecule has 1 aromatic heterocycles. The maximum absolute atomic E-state index is 5.53. The Bertz CT molecular complexity index is 248. The number of nitrogens with zero attached hydrogens (tertiary/aromatic N) is 1. The van der Waals surface area contributed by atoms with E-state index in [1.54, 1.807) is 0 Å².